The van der Waals surface area contributed by atoms with E-state index in [1.807, 2.05) is 0 Å². The van der Waals surface area contributed by atoms with Crippen molar-refractivity contribution in [2.24, 2.45) is 5.73 Å². The summed E-state index contributed by atoms with van der Waals surface area (Å²) in [6.07, 6.45) is 0.774. The molecule has 0 rings (SSSR count). The topological polar surface area (TPSA) is 92.8 Å². The van der Waals surface area contributed by atoms with Crippen molar-refractivity contribution in [2.75, 3.05) is 19.8 Å². The molecule has 0 aliphatic rings. The Balaban J connectivity index is 3.19. The number of nitrogens with two attached hydrogens (primary N) is 1. The van der Waals surface area contributed by atoms with Crippen LogP contribution in [0.4, 0.5) is 0 Å². The summed E-state index contributed by atoms with van der Waals surface area (Å²) >= 11 is 0. The highest BCUT2D eigenvalue weighted by atomic mass is 16.5. The maximum Gasteiger partial charge on any atom is 0.217 e. The number of carbonyl (C=O) groups excluding carboxylic acids is 1. The Kier molecular flexibility index (Phi) is 7.57. The van der Waals surface area contributed by atoms with Gasteiger partial charge in [0.1, 0.15) is 0 Å². The highest BCUT2D eigenvalue weighted by molar-refractivity contribution is 5.73. The molecule has 13 heavy (non-hydrogen) atoms. The van der Waals surface area contributed by atoms with Crippen molar-refractivity contribution in [3.63, 3.8) is 0 Å². The number of hydrogen-bond acceptors (Lipinski definition) is 4. The standard InChI is InChI=1S/C8H17NO4/c9-8(12)3-1-2-7(11)6-13-5-4-10/h7,10-11H,1-6H2,(H2,9,12). The van der Waals surface area contributed by atoms with Crippen LogP contribution in [-0.2, 0) is 9.53 Å². The molecule has 78 valence electrons. The predicted octanol–water partition coefficient (Wildman–Crippen LogP) is -0.988. The van der Waals surface area contributed by atoms with Crippen molar-refractivity contribution in [1.29, 1.82) is 0 Å². The zero-order valence-electron chi connectivity index (χ0n) is 7.61. The smallest absolute Gasteiger partial charge is 0.217 e. The third-order valence-corrected chi connectivity index (χ3v) is 1.51. The SMILES string of the molecule is NC(=O)CCCC(O)COCCO. The van der Waals surface area contributed by atoms with Crippen LogP contribution in [0.25, 0.3) is 0 Å². The molecule has 0 aliphatic carbocycles. The first-order valence-electron chi connectivity index (χ1n) is 4.31. The molecular weight excluding hydrogens is 174 g/mol. The Hall–Kier alpha value is -0.650. The summed E-state index contributed by atoms with van der Waals surface area (Å²) in [6, 6.07) is 0. The number of hydrogen-bond donors (Lipinski definition) is 3. The Morgan fingerprint density at radius 2 is 2.23 bits per heavy atom. The van der Waals surface area contributed by atoms with Crippen LogP contribution >= 0.6 is 0 Å². The molecule has 4 N–H and O–H groups in total. The van der Waals surface area contributed by atoms with Crippen LogP contribution in [0.2, 0.25) is 0 Å². The lowest BCUT2D eigenvalue weighted by Crippen LogP contribution is -2.18. The molecule has 0 aromatic carbocycles. The van der Waals surface area contributed by atoms with Crippen LogP contribution in [0.5, 0.6) is 0 Å². The van der Waals surface area contributed by atoms with E-state index >= 15 is 0 Å². The van der Waals surface area contributed by atoms with Gasteiger partial charge in [0.2, 0.25) is 5.91 Å². The maximum absolute atomic E-state index is 10.3. The van der Waals surface area contributed by atoms with E-state index in [9.17, 15) is 9.90 Å². The number of carbonyl (C=O) groups is 1. The van der Waals surface area contributed by atoms with Gasteiger partial charge in [-0.1, -0.05) is 0 Å². The third kappa shape index (κ3) is 9.26. The van der Waals surface area contributed by atoms with Gasteiger partial charge in [-0.3, -0.25) is 4.79 Å². The molecule has 0 radical (unpaired) electrons. The lowest BCUT2D eigenvalue weighted by molar-refractivity contribution is -0.118. The van der Waals surface area contributed by atoms with Crippen LogP contribution < -0.4 is 5.73 Å². The highest BCUT2D eigenvalue weighted by Gasteiger charge is 2.04. The fourth-order valence-corrected chi connectivity index (χ4v) is 0.879. The highest BCUT2D eigenvalue weighted by Crippen LogP contribution is 2.00. The minimum atomic E-state index is -0.578. The monoisotopic (exact) mass is 191 g/mol. The van der Waals surface area contributed by atoms with Gasteiger partial charge in [0.25, 0.3) is 0 Å². The number of amides is 1. The summed E-state index contributed by atoms with van der Waals surface area (Å²) in [5, 5.41) is 17.6. The third-order valence-electron chi connectivity index (χ3n) is 1.51. The van der Waals surface area contributed by atoms with Gasteiger partial charge in [0, 0.05) is 6.42 Å². The second-order valence-electron chi connectivity index (χ2n) is 2.81. The summed E-state index contributed by atoms with van der Waals surface area (Å²) in [4.78, 5) is 10.3. The van der Waals surface area contributed by atoms with Gasteiger partial charge in [-0.05, 0) is 12.8 Å². The van der Waals surface area contributed by atoms with Gasteiger partial charge in [0.15, 0.2) is 0 Å². The second-order valence-corrected chi connectivity index (χ2v) is 2.81. The Morgan fingerprint density at radius 1 is 1.54 bits per heavy atom. The van der Waals surface area contributed by atoms with Gasteiger partial charge in [-0.25, -0.2) is 0 Å². The molecule has 5 nitrogen and oxygen atoms in total. The van der Waals surface area contributed by atoms with E-state index in [0.717, 1.165) is 0 Å². The molecule has 0 heterocycles. The first-order chi connectivity index (χ1) is 6.16. The molecular formula is C8H17NO4. The van der Waals surface area contributed by atoms with Crippen LogP contribution in [0, 0.1) is 0 Å². The minimum absolute atomic E-state index is 0.0476. The first-order valence-corrected chi connectivity index (χ1v) is 4.31. The molecule has 0 saturated carbocycles. The van der Waals surface area contributed by atoms with Crippen LogP contribution in [0.1, 0.15) is 19.3 Å². The Labute approximate surface area is 77.5 Å². The molecule has 1 unspecified atom stereocenters. The van der Waals surface area contributed by atoms with E-state index in [1.165, 1.54) is 0 Å². The minimum Gasteiger partial charge on any atom is -0.394 e. The molecule has 0 bridgehead atoms. The normalized spacial score (nSPS) is 12.8. The van der Waals surface area contributed by atoms with Crippen molar-refractivity contribution in [3.8, 4) is 0 Å². The molecule has 0 spiro atoms. The van der Waals surface area contributed by atoms with E-state index in [4.69, 9.17) is 15.6 Å². The second kappa shape index (κ2) is 7.97. The summed E-state index contributed by atoms with van der Waals surface area (Å²) in [7, 11) is 0. The van der Waals surface area contributed by atoms with Crippen LogP contribution in [0.3, 0.4) is 0 Å². The molecule has 0 fully saturated rings. The summed E-state index contributed by atoms with van der Waals surface area (Å²) in [5.74, 6) is -0.358. The van der Waals surface area contributed by atoms with Crippen molar-refractivity contribution in [1.82, 2.24) is 0 Å². The number of ether oxygens (including phenoxy) is 1. The van der Waals surface area contributed by atoms with Gasteiger partial charge < -0.3 is 20.7 Å². The first kappa shape index (κ1) is 12.3. The zero-order chi connectivity index (χ0) is 10.1. The Morgan fingerprint density at radius 3 is 2.77 bits per heavy atom. The fourth-order valence-electron chi connectivity index (χ4n) is 0.879. The maximum atomic E-state index is 10.3. The van der Waals surface area contributed by atoms with Gasteiger partial charge >= 0.3 is 0 Å². The molecule has 0 saturated heterocycles. The number of rotatable bonds is 8. The molecule has 5 heteroatoms. The van der Waals surface area contributed by atoms with Crippen molar-refractivity contribution in [2.45, 2.75) is 25.4 Å². The van der Waals surface area contributed by atoms with Crippen LogP contribution in [0.15, 0.2) is 0 Å². The largest absolute Gasteiger partial charge is 0.394 e. The lowest BCUT2D eigenvalue weighted by Gasteiger charge is -2.09. The fraction of sp³-hybridized carbons (Fsp3) is 0.875. The van der Waals surface area contributed by atoms with Crippen molar-refractivity contribution in [3.05, 3.63) is 0 Å². The summed E-state index contributed by atoms with van der Waals surface area (Å²) < 4.78 is 4.89. The van der Waals surface area contributed by atoms with E-state index in [0.29, 0.717) is 12.8 Å². The zero-order valence-corrected chi connectivity index (χ0v) is 7.61. The van der Waals surface area contributed by atoms with E-state index in [2.05, 4.69) is 0 Å². The Bertz CT molecular complexity index is 140. The number of aliphatic hydroxyl groups is 2. The van der Waals surface area contributed by atoms with Crippen molar-refractivity contribution < 1.29 is 19.7 Å². The van der Waals surface area contributed by atoms with E-state index < -0.39 is 6.10 Å². The molecule has 1 amide bonds. The molecule has 0 aromatic rings. The lowest BCUT2D eigenvalue weighted by atomic mass is 10.1. The van der Waals surface area contributed by atoms with Gasteiger partial charge in [-0.2, -0.15) is 0 Å². The quantitative estimate of drug-likeness (QED) is 0.429. The van der Waals surface area contributed by atoms with Crippen molar-refractivity contribution >= 4 is 5.91 Å². The molecule has 1 atom stereocenters. The average Bonchev–Trinajstić information content (AvgIpc) is 2.04. The molecule has 0 aromatic heterocycles. The van der Waals surface area contributed by atoms with E-state index in [1.54, 1.807) is 0 Å². The molecule has 0 aliphatic heterocycles. The predicted molar refractivity (Wildman–Crippen MR) is 47.0 cm³/mol. The van der Waals surface area contributed by atoms with Crippen LogP contribution in [-0.4, -0.2) is 42.0 Å². The average molecular weight is 191 g/mol. The summed E-state index contributed by atoms with van der Waals surface area (Å²) in [5.41, 5.74) is 4.92. The summed E-state index contributed by atoms with van der Waals surface area (Å²) in [6.45, 7) is 0.375. The number of primary amides is 1. The number of aliphatic hydroxyl groups excluding tert-OH is 2. The van der Waals surface area contributed by atoms with E-state index in [-0.39, 0.29) is 32.1 Å². The van der Waals surface area contributed by atoms with Gasteiger partial charge in [0.05, 0.1) is 25.9 Å². The van der Waals surface area contributed by atoms with Gasteiger partial charge in [-0.15, -0.1) is 0 Å².